The smallest absolute Gasteiger partial charge is 0.233 e. The van der Waals surface area contributed by atoms with E-state index in [1.54, 1.807) is 0 Å². The number of halogens is 1. The van der Waals surface area contributed by atoms with E-state index in [1.807, 2.05) is 40.7 Å². The summed E-state index contributed by atoms with van der Waals surface area (Å²) < 4.78 is 2.02. The quantitative estimate of drug-likeness (QED) is 0.776. The molecule has 23 heavy (non-hydrogen) atoms. The fourth-order valence-corrected chi connectivity index (χ4v) is 3.80. The van der Waals surface area contributed by atoms with E-state index in [9.17, 15) is 4.79 Å². The van der Waals surface area contributed by atoms with Crippen LogP contribution in [0.2, 0.25) is 5.02 Å². The molecule has 0 bridgehead atoms. The van der Waals surface area contributed by atoms with E-state index in [4.69, 9.17) is 11.6 Å². The van der Waals surface area contributed by atoms with Crippen molar-refractivity contribution in [2.75, 3.05) is 18.8 Å². The maximum Gasteiger partial charge on any atom is 0.233 e. The molecule has 7 heteroatoms. The van der Waals surface area contributed by atoms with Crippen LogP contribution in [0.1, 0.15) is 19.8 Å². The summed E-state index contributed by atoms with van der Waals surface area (Å²) in [5.74, 6) is 1.38. The van der Waals surface area contributed by atoms with Gasteiger partial charge in [-0.15, -0.1) is 10.2 Å². The van der Waals surface area contributed by atoms with Gasteiger partial charge in [-0.3, -0.25) is 4.79 Å². The molecule has 0 unspecified atom stereocenters. The van der Waals surface area contributed by atoms with Crippen molar-refractivity contribution < 1.29 is 4.79 Å². The number of nitrogens with zero attached hydrogens (tertiary/aromatic N) is 4. The molecule has 1 aliphatic heterocycles. The van der Waals surface area contributed by atoms with Gasteiger partial charge in [-0.25, -0.2) is 0 Å². The molecule has 0 N–H and O–H groups in total. The highest BCUT2D eigenvalue weighted by atomic mass is 35.5. The SMILES string of the molecule is CCn1c(SCC(=O)N2CCCC2)nnc1-c1cccc(Cl)c1. The number of hydrogen-bond donors (Lipinski definition) is 0. The number of hydrogen-bond acceptors (Lipinski definition) is 4. The highest BCUT2D eigenvalue weighted by molar-refractivity contribution is 7.99. The van der Waals surface area contributed by atoms with Crippen LogP contribution >= 0.6 is 23.4 Å². The fourth-order valence-electron chi connectivity index (χ4n) is 2.71. The van der Waals surface area contributed by atoms with E-state index in [2.05, 4.69) is 10.2 Å². The largest absolute Gasteiger partial charge is 0.342 e. The Morgan fingerprint density at radius 2 is 2.09 bits per heavy atom. The summed E-state index contributed by atoms with van der Waals surface area (Å²) in [6.07, 6.45) is 2.22. The van der Waals surface area contributed by atoms with Crippen LogP contribution in [0.5, 0.6) is 0 Å². The van der Waals surface area contributed by atoms with Crippen LogP contribution in [-0.4, -0.2) is 44.4 Å². The van der Waals surface area contributed by atoms with E-state index in [0.717, 1.165) is 49.0 Å². The predicted octanol–water partition coefficient (Wildman–Crippen LogP) is 3.33. The molecule has 0 atom stereocenters. The maximum atomic E-state index is 12.2. The molecule has 3 rings (SSSR count). The molecule has 0 radical (unpaired) electrons. The molecule has 2 heterocycles. The third-order valence-corrected chi connectivity index (χ3v) is 5.09. The van der Waals surface area contributed by atoms with Gasteiger partial charge in [-0.05, 0) is 31.9 Å². The lowest BCUT2D eigenvalue weighted by Crippen LogP contribution is -2.29. The Hall–Kier alpha value is -1.53. The highest BCUT2D eigenvalue weighted by Crippen LogP contribution is 2.26. The zero-order chi connectivity index (χ0) is 16.2. The number of thioether (sulfide) groups is 1. The Labute approximate surface area is 145 Å². The normalized spacial score (nSPS) is 14.4. The number of amides is 1. The van der Waals surface area contributed by atoms with Gasteiger partial charge in [0, 0.05) is 30.2 Å². The van der Waals surface area contributed by atoms with Crippen molar-refractivity contribution in [1.82, 2.24) is 19.7 Å². The third kappa shape index (κ3) is 3.70. The summed E-state index contributed by atoms with van der Waals surface area (Å²) in [5, 5.41) is 9.98. The van der Waals surface area contributed by atoms with Gasteiger partial charge in [-0.1, -0.05) is 35.5 Å². The molecule has 1 fully saturated rings. The van der Waals surface area contributed by atoms with Gasteiger partial charge in [-0.2, -0.15) is 0 Å². The first-order valence-corrected chi connectivity index (χ1v) is 9.15. The molecular weight excluding hydrogens is 332 g/mol. The monoisotopic (exact) mass is 350 g/mol. The Morgan fingerprint density at radius 1 is 1.30 bits per heavy atom. The summed E-state index contributed by atoms with van der Waals surface area (Å²) in [4.78, 5) is 14.1. The van der Waals surface area contributed by atoms with Crippen molar-refractivity contribution in [2.24, 2.45) is 0 Å². The molecule has 2 aromatic rings. The number of aromatic nitrogens is 3. The molecule has 0 aliphatic carbocycles. The van der Waals surface area contributed by atoms with Crippen molar-refractivity contribution in [2.45, 2.75) is 31.5 Å². The topological polar surface area (TPSA) is 51.0 Å². The number of likely N-dealkylation sites (tertiary alicyclic amines) is 1. The second-order valence-corrected chi connectivity index (χ2v) is 6.82. The second kappa shape index (κ2) is 7.36. The minimum atomic E-state index is 0.183. The van der Waals surface area contributed by atoms with Gasteiger partial charge in [0.1, 0.15) is 0 Å². The zero-order valence-electron chi connectivity index (χ0n) is 13.0. The molecule has 1 aliphatic rings. The van der Waals surface area contributed by atoms with Gasteiger partial charge < -0.3 is 9.47 Å². The Morgan fingerprint density at radius 3 is 2.78 bits per heavy atom. The van der Waals surface area contributed by atoms with Crippen molar-refractivity contribution in [3.63, 3.8) is 0 Å². The van der Waals surface area contributed by atoms with Gasteiger partial charge in [0.15, 0.2) is 11.0 Å². The first kappa shape index (κ1) is 16.3. The summed E-state index contributed by atoms with van der Waals surface area (Å²) in [6, 6.07) is 7.57. The molecular formula is C16H19ClN4OS. The van der Waals surface area contributed by atoms with Crippen LogP contribution in [0.4, 0.5) is 0 Å². The number of carbonyl (C=O) groups is 1. The summed E-state index contributed by atoms with van der Waals surface area (Å²) >= 11 is 7.51. The molecule has 1 saturated heterocycles. The molecule has 1 amide bonds. The van der Waals surface area contributed by atoms with Crippen LogP contribution in [0.15, 0.2) is 29.4 Å². The average molecular weight is 351 g/mol. The molecule has 122 valence electrons. The minimum Gasteiger partial charge on any atom is -0.342 e. The lowest BCUT2D eigenvalue weighted by molar-refractivity contribution is -0.127. The van der Waals surface area contributed by atoms with Crippen LogP contribution in [0.3, 0.4) is 0 Å². The van der Waals surface area contributed by atoms with Gasteiger partial charge >= 0.3 is 0 Å². The van der Waals surface area contributed by atoms with Gasteiger partial charge in [0.25, 0.3) is 0 Å². The average Bonchev–Trinajstić information content (AvgIpc) is 3.21. The van der Waals surface area contributed by atoms with E-state index in [-0.39, 0.29) is 5.91 Å². The van der Waals surface area contributed by atoms with Crippen molar-refractivity contribution in [3.8, 4) is 11.4 Å². The van der Waals surface area contributed by atoms with Crippen LogP contribution in [-0.2, 0) is 11.3 Å². The number of benzene rings is 1. The summed E-state index contributed by atoms with van der Waals surface area (Å²) in [7, 11) is 0. The Kier molecular flexibility index (Phi) is 5.23. The molecule has 1 aromatic heterocycles. The van der Waals surface area contributed by atoms with Crippen LogP contribution in [0, 0.1) is 0 Å². The van der Waals surface area contributed by atoms with E-state index < -0.39 is 0 Å². The highest BCUT2D eigenvalue weighted by Gasteiger charge is 2.20. The van der Waals surface area contributed by atoms with Crippen molar-refractivity contribution >= 4 is 29.3 Å². The van der Waals surface area contributed by atoms with E-state index in [1.165, 1.54) is 11.8 Å². The summed E-state index contributed by atoms with van der Waals surface area (Å²) in [6.45, 7) is 4.56. The van der Waals surface area contributed by atoms with Gasteiger partial charge in [0.2, 0.25) is 5.91 Å². The lowest BCUT2D eigenvalue weighted by atomic mass is 10.2. The molecule has 5 nitrogen and oxygen atoms in total. The first-order chi connectivity index (χ1) is 11.2. The van der Waals surface area contributed by atoms with E-state index in [0.29, 0.717) is 10.8 Å². The number of rotatable bonds is 5. The predicted molar refractivity (Wildman–Crippen MR) is 92.7 cm³/mol. The third-order valence-electron chi connectivity index (χ3n) is 3.90. The van der Waals surface area contributed by atoms with E-state index >= 15 is 0 Å². The minimum absolute atomic E-state index is 0.183. The lowest BCUT2D eigenvalue weighted by Gasteiger charge is -2.14. The first-order valence-electron chi connectivity index (χ1n) is 7.78. The standard InChI is InChI=1S/C16H19ClN4OS/c1-2-21-15(12-6-5-7-13(17)10-12)18-19-16(21)23-11-14(22)20-8-3-4-9-20/h5-7,10H,2-4,8-9,11H2,1H3. The summed E-state index contributed by atoms with van der Waals surface area (Å²) in [5.41, 5.74) is 0.935. The van der Waals surface area contributed by atoms with Crippen molar-refractivity contribution in [1.29, 1.82) is 0 Å². The van der Waals surface area contributed by atoms with Gasteiger partial charge in [0.05, 0.1) is 5.75 Å². The second-order valence-electron chi connectivity index (χ2n) is 5.44. The fraction of sp³-hybridized carbons (Fsp3) is 0.438. The zero-order valence-corrected chi connectivity index (χ0v) is 14.6. The van der Waals surface area contributed by atoms with Crippen LogP contribution < -0.4 is 0 Å². The molecule has 1 aromatic carbocycles. The Bertz CT molecular complexity index is 697. The Balaban J connectivity index is 1.74. The molecule has 0 saturated carbocycles. The maximum absolute atomic E-state index is 12.2. The van der Waals surface area contributed by atoms with Crippen molar-refractivity contribution in [3.05, 3.63) is 29.3 Å². The number of carbonyl (C=O) groups excluding carboxylic acids is 1. The molecule has 0 spiro atoms. The van der Waals surface area contributed by atoms with Crippen LogP contribution in [0.25, 0.3) is 11.4 Å².